The maximum atomic E-state index is 12.1. The number of hydrogen-bond donors (Lipinski definition) is 4. The fraction of sp³-hybridized carbons (Fsp3) is 1.00. The summed E-state index contributed by atoms with van der Waals surface area (Å²) < 4.78 is 28.9. The maximum Gasteiger partial charge on any atom is 0.376 e. The Morgan fingerprint density at radius 1 is 1.36 bits per heavy atom. The lowest BCUT2D eigenvalue weighted by atomic mass is 9.63. The fourth-order valence-electron chi connectivity index (χ4n) is 3.77. The Kier molecular flexibility index (Phi) is 6.71. The second kappa shape index (κ2) is 7.49. The molecule has 0 saturated heterocycles. The van der Waals surface area contributed by atoms with E-state index in [1.165, 1.54) is 0 Å². The number of hydrogen-bond acceptors (Lipinski definition) is 5. The van der Waals surface area contributed by atoms with Gasteiger partial charge < -0.3 is 26.0 Å². The Morgan fingerprint density at radius 2 is 2.00 bits per heavy atom. The van der Waals surface area contributed by atoms with E-state index in [0.717, 1.165) is 19.3 Å². The molecule has 0 spiro atoms. The van der Waals surface area contributed by atoms with E-state index in [0.29, 0.717) is 6.54 Å². The van der Waals surface area contributed by atoms with Crippen molar-refractivity contribution < 1.29 is 23.7 Å². The minimum absolute atomic E-state index is 0.0554. The van der Waals surface area contributed by atoms with Crippen LogP contribution in [0.3, 0.4) is 0 Å². The van der Waals surface area contributed by atoms with E-state index in [2.05, 4.69) is 30.8 Å². The minimum atomic E-state index is -3.86. The zero-order chi connectivity index (χ0) is 17.0. The van der Waals surface area contributed by atoms with Crippen LogP contribution in [0.1, 0.15) is 40.0 Å². The van der Waals surface area contributed by atoms with Gasteiger partial charge >= 0.3 is 6.11 Å². The molecular weight excluding hydrogens is 294 g/mol. The van der Waals surface area contributed by atoms with Crippen molar-refractivity contribution in [2.24, 2.45) is 16.6 Å². The summed E-state index contributed by atoms with van der Waals surface area (Å²) in [5.41, 5.74) is 6.38. The molecule has 3 atom stereocenters. The molecule has 0 aliphatic heterocycles. The molecular formula is C15H30F2N2O3. The quantitative estimate of drug-likeness (QED) is 0.537. The van der Waals surface area contributed by atoms with Gasteiger partial charge in [0.05, 0.1) is 12.7 Å². The van der Waals surface area contributed by atoms with Crippen molar-refractivity contribution in [2.75, 3.05) is 26.3 Å². The van der Waals surface area contributed by atoms with E-state index in [9.17, 15) is 13.9 Å². The third-order valence-electron chi connectivity index (χ3n) is 3.99. The van der Waals surface area contributed by atoms with Crippen LogP contribution in [0.2, 0.25) is 0 Å². The molecule has 0 aromatic heterocycles. The van der Waals surface area contributed by atoms with Crippen LogP contribution in [0.25, 0.3) is 0 Å². The number of ether oxygens (including phenoxy) is 1. The van der Waals surface area contributed by atoms with Gasteiger partial charge in [-0.3, -0.25) is 0 Å². The molecule has 132 valence electrons. The van der Waals surface area contributed by atoms with E-state index in [4.69, 9.17) is 10.8 Å². The third kappa shape index (κ3) is 7.78. The van der Waals surface area contributed by atoms with Gasteiger partial charge in [-0.15, -0.1) is 0 Å². The molecule has 1 rings (SSSR count). The van der Waals surface area contributed by atoms with Gasteiger partial charge in [0.2, 0.25) is 0 Å². The number of nitrogens with two attached hydrogens (primary N) is 1. The summed E-state index contributed by atoms with van der Waals surface area (Å²) in [6.07, 6.45) is -1.77. The Labute approximate surface area is 131 Å². The van der Waals surface area contributed by atoms with E-state index < -0.39 is 18.8 Å². The molecule has 1 fully saturated rings. The molecule has 0 heterocycles. The van der Waals surface area contributed by atoms with Crippen molar-refractivity contribution in [1.82, 2.24) is 5.32 Å². The van der Waals surface area contributed by atoms with E-state index in [1.54, 1.807) is 0 Å². The van der Waals surface area contributed by atoms with Crippen molar-refractivity contribution in [3.05, 3.63) is 0 Å². The SMILES string of the molecule is CC1(C)CC(N)CC(C)(CNCC(O)COCC(O)(F)F)C1. The summed E-state index contributed by atoms with van der Waals surface area (Å²) in [7, 11) is 0. The first-order valence-corrected chi connectivity index (χ1v) is 7.73. The molecule has 0 radical (unpaired) electrons. The number of alkyl halides is 2. The van der Waals surface area contributed by atoms with E-state index in [1.807, 2.05) is 0 Å². The van der Waals surface area contributed by atoms with Gasteiger partial charge in [-0.05, 0) is 30.1 Å². The molecule has 0 aromatic rings. The van der Waals surface area contributed by atoms with Gasteiger partial charge in [-0.1, -0.05) is 20.8 Å². The number of aliphatic hydroxyl groups is 2. The lowest BCUT2D eigenvalue weighted by molar-refractivity contribution is -0.234. The van der Waals surface area contributed by atoms with Crippen molar-refractivity contribution >= 4 is 0 Å². The molecule has 5 N–H and O–H groups in total. The standard InChI is InChI=1S/C15H30F2N2O3/c1-13(2)4-11(18)5-14(3,8-13)9-19-6-12(20)7-22-10-15(16,17)21/h11-12,19-21H,4-10,18H2,1-3H3. The molecule has 0 aromatic carbocycles. The van der Waals surface area contributed by atoms with Crippen molar-refractivity contribution in [3.63, 3.8) is 0 Å². The van der Waals surface area contributed by atoms with Crippen LogP contribution in [0.15, 0.2) is 0 Å². The molecule has 1 aliphatic carbocycles. The van der Waals surface area contributed by atoms with Crippen LogP contribution in [0.4, 0.5) is 8.78 Å². The Bertz CT molecular complexity index is 350. The summed E-state index contributed by atoms with van der Waals surface area (Å²) in [6, 6.07) is 0.176. The molecule has 22 heavy (non-hydrogen) atoms. The molecule has 5 nitrogen and oxygen atoms in total. The molecule has 1 saturated carbocycles. The van der Waals surface area contributed by atoms with Crippen molar-refractivity contribution in [1.29, 1.82) is 0 Å². The highest BCUT2D eigenvalue weighted by molar-refractivity contribution is 4.94. The lowest BCUT2D eigenvalue weighted by Crippen LogP contribution is -2.47. The van der Waals surface area contributed by atoms with Crippen LogP contribution in [-0.4, -0.2) is 54.8 Å². The Morgan fingerprint density at radius 3 is 2.55 bits per heavy atom. The van der Waals surface area contributed by atoms with Gasteiger partial charge in [0.15, 0.2) is 0 Å². The van der Waals surface area contributed by atoms with Gasteiger partial charge in [0.1, 0.15) is 6.61 Å². The monoisotopic (exact) mass is 324 g/mol. The highest BCUT2D eigenvalue weighted by Gasteiger charge is 2.39. The number of rotatable bonds is 8. The number of aliphatic hydroxyl groups excluding tert-OH is 1. The first-order chi connectivity index (χ1) is 9.91. The normalized spacial score (nSPS) is 30.3. The minimum Gasteiger partial charge on any atom is -0.389 e. The van der Waals surface area contributed by atoms with Crippen LogP contribution < -0.4 is 11.1 Å². The van der Waals surface area contributed by atoms with Gasteiger partial charge in [-0.2, -0.15) is 8.78 Å². The molecule has 3 unspecified atom stereocenters. The van der Waals surface area contributed by atoms with Crippen molar-refractivity contribution in [3.8, 4) is 0 Å². The van der Waals surface area contributed by atoms with E-state index >= 15 is 0 Å². The smallest absolute Gasteiger partial charge is 0.376 e. The first-order valence-electron chi connectivity index (χ1n) is 7.73. The largest absolute Gasteiger partial charge is 0.389 e. The highest BCUT2D eigenvalue weighted by atomic mass is 19.3. The lowest BCUT2D eigenvalue weighted by Gasteiger charge is -2.46. The second-order valence-electron chi connectivity index (χ2n) is 7.79. The highest BCUT2D eigenvalue weighted by Crippen LogP contribution is 2.45. The van der Waals surface area contributed by atoms with Crippen LogP contribution in [0, 0.1) is 10.8 Å². The summed E-state index contributed by atoms with van der Waals surface area (Å²) in [6.45, 7) is 6.20. The Balaban J connectivity index is 2.28. The van der Waals surface area contributed by atoms with Crippen LogP contribution in [0.5, 0.6) is 0 Å². The first kappa shape index (κ1) is 19.7. The molecule has 1 aliphatic rings. The Hall–Kier alpha value is -0.340. The molecule has 0 bridgehead atoms. The zero-order valence-electron chi connectivity index (χ0n) is 13.7. The number of nitrogens with one attached hydrogen (secondary N) is 1. The van der Waals surface area contributed by atoms with Gasteiger partial charge in [-0.25, -0.2) is 0 Å². The van der Waals surface area contributed by atoms with Crippen LogP contribution in [-0.2, 0) is 4.74 Å². The predicted molar refractivity (Wildman–Crippen MR) is 80.6 cm³/mol. The average molecular weight is 324 g/mol. The summed E-state index contributed by atoms with van der Waals surface area (Å²) in [4.78, 5) is 0. The van der Waals surface area contributed by atoms with Crippen molar-refractivity contribution in [2.45, 2.75) is 58.3 Å². The summed E-state index contributed by atoms with van der Waals surface area (Å²) >= 11 is 0. The summed E-state index contributed by atoms with van der Waals surface area (Å²) in [5, 5.41) is 21.1. The topological polar surface area (TPSA) is 87.7 Å². The van der Waals surface area contributed by atoms with Gasteiger partial charge in [0.25, 0.3) is 0 Å². The second-order valence-corrected chi connectivity index (χ2v) is 7.79. The molecule has 0 amide bonds. The summed E-state index contributed by atoms with van der Waals surface area (Å²) in [5.74, 6) is 0. The zero-order valence-corrected chi connectivity index (χ0v) is 13.7. The average Bonchev–Trinajstić information content (AvgIpc) is 2.22. The fourth-order valence-corrected chi connectivity index (χ4v) is 3.77. The predicted octanol–water partition coefficient (Wildman–Crippen LogP) is 1.08. The number of halogens is 2. The van der Waals surface area contributed by atoms with E-state index in [-0.39, 0.29) is 30.0 Å². The van der Waals surface area contributed by atoms with Gasteiger partial charge in [0, 0.05) is 19.1 Å². The molecule has 7 heteroatoms. The van der Waals surface area contributed by atoms with Crippen LogP contribution >= 0.6 is 0 Å². The maximum absolute atomic E-state index is 12.1. The third-order valence-corrected chi connectivity index (χ3v) is 3.99.